The summed E-state index contributed by atoms with van der Waals surface area (Å²) in [5.41, 5.74) is 0.764. The van der Waals surface area contributed by atoms with Crippen molar-refractivity contribution >= 4 is 23.2 Å². The van der Waals surface area contributed by atoms with Gasteiger partial charge in [-0.3, -0.25) is 4.79 Å². The Morgan fingerprint density at radius 3 is 2.25 bits per heavy atom. The van der Waals surface area contributed by atoms with E-state index in [9.17, 15) is 4.79 Å². The van der Waals surface area contributed by atoms with Crippen LogP contribution in [0.3, 0.4) is 0 Å². The molecule has 1 aliphatic heterocycles. The SMILES string of the molecule is O=C(c1ccccc1)N1CCN(C(=S)NC2CC2)CC1. The first-order valence-corrected chi connectivity index (χ1v) is 7.54. The average Bonchev–Trinajstić information content (AvgIpc) is 3.31. The number of rotatable bonds is 2. The van der Waals surface area contributed by atoms with Crippen LogP contribution in [0.15, 0.2) is 30.3 Å². The van der Waals surface area contributed by atoms with Crippen LogP contribution >= 0.6 is 12.2 Å². The predicted octanol–water partition coefficient (Wildman–Crippen LogP) is 1.48. The Hall–Kier alpha value is -1.62. The Morgan fingerprint density at radius 2 is 1.65 bits per heavy atom. The maximum Gasteiger partial charge on any atom is 0.253 e. The highest BCUT2D eigenvalue weighted by molar-refractivity contribution is 7.80. The molecule has 0 bridgehead atoms. The monoisotopic (exact) mass is 289 g/mol. The maximum atomic E-state index is 12.3. The van der Waals surface area contributed by atoms with Crippen molar-refractivity contribution in [3.63, 3.8) is 0 Å². The molecule has 1 saturated heterocycles. The highest BCUT2D eigenvalue weighted by Crippen LogP contribution is 2.19. The van der Waals surface area contributed by atoms with E-state index in [4.69, 9.17) is 12.2 Å². The lowest BCUT2D eigenvalue weighted by Gasteiger charge is -2.36. The van der Waals surface area contributed by atoms with Crippen molar-refractivity contribution in [2.24, 2.45) is 0 Å². The van der Waals surface area contributed by atoms with Gasteiger partial charge in [0.2, 0.25) is 0 Å². The average molecular weight is 289 g/mol. The highest BCUT2D eigenvalue weighted by Gasteiger charge is 2.27. The molecule has 0 spiro atoms. The number of piperazine rings is 1. The van der Waals surface area contributed by atoms with E-state index in [1.807, 2.05) is 35.2 Å². The number of hydrogen-bond acceptors (Lipinski definition) is 2. The molecule has 1 heterocycles. The number of amides is 1. The standard InChI is InChI=1S/C15H19N3OS/c19-14(12-4-2-1-3-5-12)17-8-10-18(11-9-17)15(20)16-13-6-7-13/h1-5,13H,6-11H2,(H,16,20). The summed E-state index contributed by atoms with van der Waals surface area (Å²) < 4.78 is 0. The summed E-state index contributed by atoms with van der Waals surface area (Å²) in [4.78, 5) is 16.4. The van der Waals surface area contributed by atoms with Crippen LogP contribution in [0.25, 0.3) is 0 Å². The molecule has 1 aromatic carbocycles. The first kappa shape index (κ1) is 13.4. The molecule has 1 amide bonds. The zero-order chi connectivity index (χ0) is 13.9. The van der Waals surface area contributed by atoms with E-state index in [1.54, 1.807) is 0 Å². The lowest BCUT2D eigenvalue weighted by atomic mass is 10.2. The van der Waals surface area contributed by atoms with Crippen LogP contribution in [0.2, 0.25) is 0 Å². The van der Waals surface area contributed by atoms with Crippen molar-refractivity contribution in [2.75, 3.05) is 26.2 Å². The second-order valence-electron chi connectivity index (χ2n) is 5.37. The number of carbonyl (C=O) groups excluding carboxylic acids is 1. The van der Waals surface area contributed by atoms with E-state index < -0.39 is 0 Å². The van der Waals surface area contributed by atoms with E-state index in [0.717, 1.165) is 36.9 Å². The van der Waals surface area contributed by atoms with Gasteiger partial charge in [0.05, 0.1) is 0 Å². The van der Waals surface area contributed by atoms with Crippen molar-refractivity contribution in [3.8, 4) is 0 Å². The Labute approximate surface area is 124 Å². The fourth-order valence-electron chi connectivity index (χ4n) is 2.37. The lowest BCUT2D eigenvalue weighted by Crippen LogP contribution is -2.53. The van der Waals surface area contributed by atoms with Crippen LogP contribution in [0.5, 0.6) is 0 Å². The molecule has 2 aliphatic rings. The third-order valence-electron chi connectivity index (χ3n) is 3.78. The lowest BCUT2D eigenvalue weighted by molar-refractivity contribution is 0.0691. The van der Waals surface area contributed by atoms with E-state index >= 15 is 0 Å². The van der Waals surface area contributed by atoms with Gasteiger partial charge in [0, 0.05) is 37.8 Å². The van der Waals surface area contributed by atoms with E-state index in [-0.39, 0.29) is 5.91 Å². The summed E-state index contributed by atoms with van der Waals surface area (Å²) in [5, 5.41) is 4.20. The molecule has 2 fully saturated rings. The van der Waals surface area contributed by atoms with Crippen LogP contribution in [-0.2, 0) is 0 Å². The second kappa shape index (κ2) is 5.79. The molecule has 3 rings (SSSR count). The first-order valence-electron chi connectivity index (χ1n) is 7.14. The summed E-state index contributed by atoms with van der Waals surface area (Å²) in [5.74, 6) is 0.117. The predicted molar refractivity (Wildman–Crippen MR) is 82.7 cm³/mol. The van der Waals surface area contributed by atoms with Crippen molar-refractivity contribution in [1.29, 1.82) is 0 Å². The number of thiocarbonyl (C=S) groups is 1. The molecule has 0 aromatic heterocycles. The zero-order valence-electron chi connectivity index (χ0n) is 11.4. The quantitative estimate of drug-likeness (QED) is 0.837. The van der Waals surface area contributed by atoms with Crippen molar-refractivity contribution in [1.82, 2.24) is 15.1 Å². The van der Waals surface area contributed by atoms with Gasteiger partial charge in [0.25, 0.3) is 5.91 Å². The Balaban J connectivity index is 1.53. The van der Waals surface area contributed by atoms with Crippen LogP contribution in [0.1, 0.15) is 23.2 Å². The number of carbonyl (C=O) groups is 1. The molecule has 4 nitrogen and oxygen atoms in total. The minimum atomic E-state index is 0.117. The Morgan fingerprint density at radius 1 is 1.05 bits per heavy atom. The minimum absolute atomic E-state index is 0.117. The second-order valence-corrected chi connectivity index (χ2v) is 5.76. The molecule has 1 aliphatic carbocycles. The first-order chi connectivity index (χ1) is 9.74. The summed E-state index contributed by atoms with van der Waals surface area (Å²) in [6.45, 7) is 3.11. The summed E-state index contributed by atoms with van der Waals surface area (Å²) in [7, 11) is 0. The van der Waals surface area contributed by atoms with Crippen LogP contribution < -0.4 is 5.32 Å². The van der Waals surface area contributed by atoms with Gasteiger partial charge < -0.3 is 15.1 Å². The van der Waals surface area contributed by atoms with Gasteiger partial charge >= 0.3 is 0 Å². The molecule has 1 N–H and O–H groups in total. The highest BCUT2D eigenvalue weighted by atomic mass is 32.1. The largest absolute Gasteiger partial charge is 0.360 e. The Bertz CT molecular complexity index is 493. The van der Waals surface area contributed by atoms with Gasteiger partial charge in [0.15, 0.2) is 5.11 Å². The molecule has 1 aromatic rings. The zero-order valence-corrected chi connectivity index (χ0v) is 12.2. The van der Waals surface area contributed by atoms with Gasteiger partial charge in [-0.2, -0.15) is 0 Å². The fraction of sp³-hybridized carbons (Fsp3) is 0.467. The van der Waals surface area contributed by atoms with Gasteiger partial charge in [0.1, 0.15) is 0 Å². The molecular weight excluding hydrogens is 270 g/mol. The van der Waals surface area contributed by atoms with Crippen LogP contribution in [0, 0.1) is 0 Å². The van der Waals surface area contributed by atoms with E-state index in [1.165, 1.54) is 12.8 Å². The molecule has 106 valence electrons. The number of hydrogen-bond donors (Lipinski definition) is 1. The van der Waals surface area contributed by atoms with Crippen molar-refractivity contribution in [2.45, 2.75) is 18.9 Å². The molecule has 5 heteroatoms. The molecule has 0 radical (unpaired) electrons. The normalized spacial score (nSPS) is 18.8. The fourth-order valence-corrected chi connectivity index (χ4v) is 2.72. The summed E-state index contributed by atoms with van der Waals surface area (Å²) in [6, 6.07) is 10.1. The molecule has 0 unspecified atom stereocenters. The molecule has 20 heavy (non-hydrogen) atoms. The van der Waals surface area contributed by atoms with Gasteiger partial charge in [-0.25, -0.2) is 0 Å². The summed E-state index contributed by atoms with van der Waals surface area (Å²) >= 11 is 5.40. The third-order valence-corrected chi connectivity index (χ3v) is 4.16. The van der Waals surface area contributed by atoms with E-state index in [2.05, 4.69) is 10.2 Å². The third kappa shape index (κ3) is 3.10. The number of nitrogens with one attached hydrogen (secondary N) is 1. The van der Waals surface area contributed by atoms with Gasteiger partial charge in [-0.05, 0) is 37.2 Å². The smallest absolute Gasteiger partial charge is 0.253 e. The Kier molecular flexibility index (Phi) is 3.87. The van der Waals surface area contributed by atoms with Crippen LogP contribution in [-0.4, -0.2) is 53.0 Å². The van der Waals surface area contributed by atoms with Gasteiger partial charge in [-0.15, -0.1) is 0 Å². The van der Waals surface area contributed by atoms with Crippen LogP contribution in [0.4, 0.5) is 0 Å². The number of nitrogens with zero attached hydrogens (tertiary/aromatic N) is 2. The number of benzene rings is 1. The molecule has 0 atom stereocenters. The topological polar surface area (TPSA) is 35.6 Å². The van der Waals surface area contributed by atoms with Gasteiger partial charge in [-0.1, -0.05) is 18.2 Å². The van der Waals surface area contributed by atoms with E-state index in [0.29, 0.717) is 6.04 Å². The molecule has 1 saturated carbocycles. The molecular formula is C15H19N3OS. The van der Waals surface area contributed by atoms with Crippen molar-refractivity contribution in [3.05, 3.63) is 35.9 Å². The van der Waals surface area contributed by atoms with Crippen molar-refractivity contribution < 1.29 is 4.79 Å². The minimum Gasteiger partial charge on any atom is -0.360 e. The summed E-state index contributed by atoms with van der Waals surface area (Å²) in [6.07, 6.45) is 2.46. The maximum absolute atomic E-state index is 12.3.